The summed E-state index contributed by atoms with van der Waals surface area (Å²) in [5.74, 6) is -0.873. The highest BCUT2D eigenvalue weighted by Gasteiger charge is 2.29. The number of amides is 1. The number of aliphatic carboxylic acids is 1. The molecule has 0 aromatic carbocycles. The molecule has 1 amide bonds. The quantitative estimate of drug-likeness (QED) is 0.565. The normalized spacial score (nSPS) is 23.3. The number of carboxylic acid groups (broad SMARTS) is 1. The first-order chi connectivity index (χ1) is 8.49. The Morgan fingerprint density at radius 3 is 2.67 bits per heavy atom. The van der Waals surface area contributed by atoms with Gasteiger partial charge in [-0.2, -0.15) is 0 Å². The van der Waals surface area contributed by atoms with Crippen LogP contribution in [0, 0.1) is 0 Å². The smallest absolute Gasteiger partial charge is 0.332 e. The average molecular weight is 258 g/mol. The van der Waals surface area contributed by atoms with E-state index in [4.69, 9.17) is 9.84 Å². The molecular formula is C12H22N2O4. The van der Waals surface area contributed by atoms with Crippen LogP contribution in [0.4, 0.5) is 0 Å². The molecule has 1 fully saturated rings. The highest BCUT2D eigenvalue weighted by Crippen LogP contribution is 2.18. The Hall–Kier alpha value is -1.14. The molecule has 0 aromatic rings. The van der Waals surface area contributed by atoms with Gasteiger partial charge in [0.1, 0.15) is 0 Å². The van der Waals surface area contributed by atoms with Gasteiger partial charge in [-0.05, 0) is 26.7 Å². The summed E-state index contributed by atoms with van der Waals surface area (Å²) < 4.78 is 5.33. The number of carbonyl (C=O) groups is 2. The second kappa shape index (κ2) is 7.33. The Morgan fingerprint density at radius 1 is 1.39 bits per heavy atom. The van der Waals surface area contributed by atoms with Crippen molar-refractivity contribution < 1.29 is 19.4 Å². The van der Waals surface area contributed by atoms with Gasteiger partial charge in [0.15, 0.2) is 6.10 Å². The number of carbonyl (C=O) groups excluding carboxylic acids is 1. The van der Waals surface area contributed by atoms with Gasteiger partial charge in [0.05, 0.1) is 6.10 Å². The summed E-state index contributed by atoms with van der Waals surface area (Å²) in [5.41, 5.74) is 0. The monoisotopic (exact) mass is 258 g/mol. The van der Waals surface area contributed by atoms with Crippen LogP contribution in [-0.2, 0) is 14.3 Å². The van der Waals surface area contributed by atoms with Crippen LogP contribution in [0.15, 0.2) is 0 Å². The van der Waals surface area contributed by atoms with E-state index in [2.05, 4.69) is 10.6 Å². The van der Waals surface area contributed by atoms with Gasteiger partial charge in [-0.25, -0.2) is 4.79 Å². The fourth-order valence-electron chi connectivity index (χ4n) is 1.90. The highest BCUT2D eigenvalue weighted by molar-refractivity contribution is 5.76. The van der Waals surface area contributed by atoms with Gasteiger partial charge in [0.2, 0.25) is 5.91 Å². The first-order valence-corrected chi connectivity index (χ1v) is 6.37. The Kier molecular flexibility index (Phi) is 6.07. The summed E-state index contributed by atoms with van der Waals surface area (Å²) in [6, 6.07) is 0.159. The first-order valence-electron chi connectivity index (χ1n) is 6.37. The highest BCUT2D eigenvalue weighted by atomic mass is 16.5. The van der Waals surface area contributed by atoms with Gasteiger partial charge in [0.25, 0.3) is 0 Å². The van der Waals surface area contributed by atoms with Crippen LogP contribution in [0.3, 0.4) is 0 Å². The minimum atomic E-state index is -0.895. The van der Waals surface area contributed by atoms with Crippen LogP contribution >= 0.6 is 0 Å². The molecule has 0 spiro atoms. The lowest BCUT2D eigenvalue weighted by molar-refractivity contribution is -0.149. The van der Waals surface area contributed by atoms with E-state index in [1.54, 1.807) is 0 Å². The zero-order valence-corrected chi connectivity index (χ0v) is 10.9. The van der Waals surface area contributed by atoms with Crippen molar-refractivity contribution in [3.63, 3.8) is 0 Å². The summed E-state index contributed by atoms with van der Waals surface area (Å²) in [5, 5.41) is 14.7. The van der Waals surface area contributed by atoms with E-state index >= 15 is 0 Å². The summed E-state index contributed by atoms with van der Waals surface area (Å²) in [4.78, 5) is 22.0. The summed E-state index contributed by atoms with van der Waals surface area (Å²) in [6.07, 6.45) is 1.02. The van der Waals surface area contributed by atoms with Crippen LogP contribution in [0.2, 0.25) is 0 Å². The minimum Gasteiger partial charge on any atom is -0.479 e. The van der Waals surface area contributed by atoms with E-state index in [-0.39, 0.29) is 18.1 Å². The molecule has 6 nitrogen and oxygen atoms in total. The molecule has 2 atom stereocenters. The van der Waals surface area contributed by atoms with Crippen LogP contribution < -0.4 is 10.6 Å². The number of carboxylic acids is 1. The van der Waals surface area contributed by atoms with Gasteiger partial charge < -0.3 is 20.5 Å². The molecule has 0 bridgehead atoms. The molecule has 3 N–H and O–H groups in total. The van der Waals surface area contributed by atoms with Crippen molar-refractivity contribution in [2.75, 3.05) is 13.1 Å². The molecule has 1 aliphatic heterocycles. The van der Waals surface area contributed by atoms with Gasteiger partial charge in [-0.15, -0.1) is 0 Å². The Balaban J connectivity index is 2.05. The third-order valence-electron chi connectivity index (χ3n) is 2.73. The van der Waals surface area contributed by atoms with Crippen molar-refractivity contribution in [1.82, 2.24) is 10.6 Å². The maximum atomic E-state index is 11.3. The molecule has 1 heterocycles. The number of rotatable bonds is 7. The van der Waals surface area contributed by atoms with Gasteiger partial charge in [0, 0.05) is 25.6 Å². The maximum absolute atomic E-state index is 11.3. The van der Waals surface area contributed by atoms with Crippen molar-refractivity contribution >= 4 is 11.9 Å². The number of hydrogen-bond acceptors (Lipinski definition) is 4. The zero-order chi connectivity index (χ0) is 13.5. The van der Waals surface area contributed by atoms with Gasteiger partial charge in [-0.1, -0.05) is 0 Å². The van der Waals surface area contributed by atoms with E-state index in [0.29, 0.717) is 25.9 Å². The lowest BCUT2D eigenvalue weighted by Gasteiger charge is -2.12. The van der Waals surface area contributed by atoms with E-state index in [1.165, 1.54) is 0 Å². The number of ether oxygens (including phenoxy) is 1. The van der Waals surface area contributed by atoms with E-state index in [1.807, 2.05) is 13.8 Å². The van der Waals surface area contributed by atoms with Crippen molar-refractivity contribution in [2.24, 2.45) is 0 Å². The molecule has 1 saturated heterocycles. The second-order valence-electron chi connectivity index (χ2n) is 4.84. The molecule has 0 aromatic heterocycles. The summed E-state index contributed by atoms with van der Waals surface area (Å²) in [7, 11) is 0. The fourth-order valence-corrected chi connectivity index (χ4v) is 1.90. The zero-order valence-electron chi connectivity index (χ0n) is 10.9. The number of hydrogen-bond donors (Lipinski definition) is 3. The lowest BCUT2D eigenvalue weighted by atomic mass is 10.2. The van der Waals surface area contributed by atoms with Crippen LogP contribution in [0.1, 0.15) is 33.1 Å². The summed E-state index contributed by atoms with van der Waals surface area (Å²) >= 11 is 0. The molecule has 0 aliphatic carbocycles. The van der Waals surface area contributed by atoms with E-state index < -0.39 is 12.1 Å². The maximum Gasteiger partial charge on any atom is 0.332 e. The SMILES string of the molecule is CC(C)NC(=O)CCNCC1CCC(C(=O)O)O1. The van der Waals surface area contributed by atoms with Crippen molar-refractivity contribution in [3.05, 3.63) is 0 Å². The molecule has 2 unspecified atom stereocenters. The minimum absolute atomic E-state index is 0.0215. The molecule has 18 heavy (non-hydrogen) atoms. The molecular weight excluding hydrogens is 236 g/mol. The van der Waals surface area contributed by atoms with Crippen LogP contribution in [0.5, 0.6) is 0 Å². The lowest BCUT2D eigenvalue weighted by Crippen LogP contribution is -2.34. The van der Waals surface area contributed by atoms with Crippen LogP contribution in [0.25, 0.3) is 0 Å². The first kappa shape index (κ1) is 14.9. The van der Waals surface area contributed by atoms with Crippen molar-refractivity contribution in [1.29, 1.82) is 0 Å². The van der Waals surface area contributed by atoms with Crippen molar-refractivity contribution in [2.45, 2.75) is 51.4 Å². The Labute approximate surface area is 107 Å². The Bertz CT molecular complexity index is 294. The summed E-state index contributed by atoms with van der Waals surface area (Å²) in [6.45, 7) is 5.02. The largest absolute Gasteiger partial charge is 0.479 e. The predicted octanol–water partition coefficient (Wildman–Crippen LogP) is 0.123. The van der Waals surface area contributed by atoms with Gasteiger partial charge in [-0.3, -0.25) is 4.79 Å². The molecule has 0 saturated carbocycles. The van der Waals surface area contributed by atoms with Gasteiger partial charge >= 0.3 is 5.97 Å². The molecule has 0 radical (unpaired) electrons. The van der Waals surface area contributed by atoms with Crippen molar-refractivity contribution in [3.8, 4) is 0 Å². The second-order valence-corrected chi connectivity index (χ2v) is 4.84. The standard InChI is InChI=1S/C12H22N2O4/c1-8(2)14-11(15)5-6-13-7-9-3-4-10(18-9)12(16)17/h8-10,13H,3-7H2,1-2H3,(H,14,15)(H,16,17). The topological polar surface area (TPSA) is 87.7 Å². The third kappa shape index (κ3) is 5.46. The number of nitrogens with one attached hydrogen (secondary N) is 2. The predicted molar refractivity (Wildman–Crippen MR) is 66.3 cm³/mol. The van der Waals surface area contributed by atoms with E-state index in [0.717, 1.165) is 6.42 Å². The van der Waals surface area contributed by atoms with E-state index in [9.17, 15) is 9.59 Å². The fraction of sp³-hybridized carbons (Fsp3) is 0.833. The molecule has 1 rings (SSSR count). The molecule has 104 valence electrons. The Morgan fingerprint density at radius 2 is 2.11 bits per heavy atom. The molecule has 1 aliphatic rings. The van der Waals surface area contributed by atoms with Crippen LogP contribution in [-0.4, -0.2) is 48.3 Å². The average Bonchev–Trinajstić information content (AvgIpc) is 2.72. The molecule has 6 heteroatoms. The third-order valence-corrected chi connectivity index (χ3v) is 2.73.